The second-order valence-corrected chi connectivity index (χ2v) is 9.14. The molecule has 0 radical (unpaired) electrons. The van der Waals surface area contributed by atoms with Gasteiger partial charge in [-0.25, -0.2) is 4.98 Å². The number of aryl methyl sites for hydroxylation is 1. The highest BCUT2D eigenvalue weighted by Gasteiger charge is 2.27. The average Bonchev–Trinajstić information content (AvgIpc) is 3.60. The van der Waals surface area contributed by atoms with Gasteiger partial charge in [0.1, 0.15) is 11.7 Å². The molecule has 0 saturated heterocycles. The summed E-state index contributed by atoms with van der Waals surface area (Å²) in [6, 6.07) is 8.66. The number of fused-ring (bicyclic) bond motifs is 1. The molecule has 4 aromatic rings. The van der Waals surface area contributed by atoms with Crippen LogP contribution in [0, 0.1) is 12.8 Å². The predicted molar refractivity (Wildman–Crippen MR) is 125 cm³/mol. The third-order valence-electron chi connectivity index (χ3n) is 6.41. The average molecular weight is 462 g/mol. The number of nitrogens with one attached hydrogen (secondary N) is 1. The Hall–Kier alpha value is -3.75. The van der Waals surface area contributed by atoms with Gasteiger partial charge in [-0.1, -0.05) is 31.8 Å². The molecule has 0 aliphatic heterocycles. The van der Waals surface area contributed by atoms with E-state index in [2.05, 4.69) is 20.4 Å². The molecule has 3 aromatic heterocycles. The first-order chi connectivity index (χ1) is 16.4. The normalized spacial score (nSPS) is 15.3. The molecule has 1 saturated carbocycles. The van der Waals surface area contributed by atoms with Crippen LogP contribution in [0.15, 0.2) is 50.3 Å². The van der Waals surface area contributed by atoms with Gasteiger partial charge in [0.2, 0.25) is 11.7 Å². The number of amides is 1. The van der Waals surface area contributed by atoms with Crippen molar-refractivity contribution >= 4 is 16.9 Å². The van der Waals surface area contributed by atoms with Crippen molar-refractivity contribution in [2.75, 3.05) is 0 Å². The third kappa shape index (κ3) is 4.02. The zero-order valence-electron chi connectivity index (χ0n) is 19.4. The van der Waals surface area contributed by atoms with Gasteiger partial charge < -0.3 is 18.8 Å². The summed E-state index contributed by atoms with van der Waals surface area (Å²) in [6.07, 6.45) is 5.74. The summed E-state index contributed by atoms with van der Waals surface area (Å²) < 4.78 is 12.6. The second-order valence-electron chi connectivity index (χ2n) is 9.14. The zero-order valence-corrected chi connectivity index (χ0v) is 19.4. The van der Waals surface area contributed by atoms with Gasteiger partial charge in [0, 0.05) is 11.6 Å². The number of carbonyl (C=O) groups is 1. The van der Waals surface area contributed by atoms with Crippen molar-refractivity contribution in [3.63, 3.8) is 0 Å². The SMILES string of the molecule is Cc1nc2cc(-c3noc(C(NC(=O)c4ccco4)C(C)C)n3)ccc2n(C2CCCC2)c1=O. The van der Waals surface area contributed by atoms with Gasteiger partial charge >= 0.3 is 0 Å². The maximum atomic E-state index is 12.9. The van der Waals surface area contributed by atoms with Crippen LogP contribution in [0.5, 0.6) is 0 Å². The third-order valence-corrected chi connectivity index (χ3v) is 6.41. The molecule has 1 fully saturated rings. The fraction of sp³-hybridized carbons (Fsp3) is 0.400. The van der Waals surface area contributed by atoms with E-state index in [0.29, 0.717) is 17.4 Å². The lowest BCUT2D eigenvalue weighted by Gasteiger charge is -2.18. The molecular weight excluding hydrogens is 434 g/mol. The van der Waals surface area contributed by atoms with Gasteiger partial charge in [-0.05, 0) is 56.0 Å². The number of carbonyl (C=O) groups excluding carboxylic acids is 1. The summed E-state index contributed by atoms with van der Waals surface area (Å²) in [7, 11) is 0. The number of hydrogen-bond donors (Lipinski definition) is 1. The standard InChI is InChI=1S/C25H27N5O4/c1-14(2)21(27-23(31)20-9-6-12-33-20)24-28-22(29-34-24)16-10-11-19-18(13-16)26-15(3)25(32)30(19)17-7-4-5-8-17/h6,9-14,17,21H,4-5,7-8H2,1-3H3,(H,27,31). The Balaban J connectivity index is 1.47. The van der Waals surface area contributed by atoms with Gasteiger partial charge in [0.25, 0.3) is 11.5 Å². The quantitative estimate of drug-likeness (QED) is 0.446. The fourth-order valence-corrected chi connectivity index (χ4v) is 4.61. The van der Waals surface area contributed by atoms with Crippen molar-refractivity contribution in [2.45, 2.75) is 58.5 Å². The van der Waals surface area contributed by atoms with Crippen LogP contribution in [-0.2, 0) is 0 Å². The van der Waals surface area contributed by atoms with E-state index < -0.39 is 6.04 Å². The van der Waals surface area contributed by atoms with Crippen molar-refractivity contribution in [1.82, 2.24) is 25.0 Å². The number of hydrogen-bond acceptors (Lipinski definition) is 7. The van der Waals surface area contributed by atoms with Crippen LogP contribution in [0.25, 0.3) is 22.4 Å². The zero-order chi connectivity index (χ0) is 23.8. The number of benzene rings is 1. The molecule has 9 nitrogen and oxygen atoms in total. The van der Waals surface area contributed by atoms with Crippen molar-refractivity contribution in [3.05, 3.63) is 64.3 Å². The molecule has 1 aliphatic rings. The van der Waals surface area contributed by atoms with Gasteiger partial charge in [-0.15, -0.1) is 0 Å². The Morgan fingerprint density at radius 2 is 1.97 bits per heavy atom. The van der Waals surface area contributed by atoms with Crippen LogP contribution in [0.2, 0.25) is 0 Å². The summed E-state index contributed by atoms with van der Waals surface area (Å²) in [5, 5.41) is 7.05. The first kappa shape index (κ1) is 22.1. The number of nitrogens with zero attached hydrogens (tertiary/aromatic N) is 4. The first-order valence-corrected chi connectivity index (χ1v) is 11.6. The first-order valence-electron chi connectivity index (χ1n) is 11.6. The van der Waals surface area contributed by atoms with Crippen molar-refractivity contribution in [3.8, 4) is 11.4 Å². The van der Waals surface area contributed by atoms with E-state index in [1.165, 1.54) is 6.26 Å². The minimum atomic E-state index is -0.479. The lowest BCUT2D eigenvalue weighted by molar-refractivity contribution is 0.0885. The molecule has 5 rings (SSSR count). The summed E-state index contributed by atoms with van der Waals surface area (Å²) in [4.78, 5) is 34.5. The lowest BCUT2D eigenvalue weighted by Crippen LogP contribution is -2.31. The minimum Gasteiger partial charge on any atom is -0.459 e. The number of furan rings is 1. The molecule has 34 heavy (non-hydrogen) atoms. The van der Waals surface area contributed by atoms with E-state index in [1.54, 1.807) is 19.1 Å². The molecular formula is C25H27N5O4. The fourth-order valence-electron chi connectivity index (χ4n) is 4.61. The Morgan fingerprint density at radius 3 is 2.68 bits per heavy atom. The molecule has 1 N–H and O–H groups in total. The Labute approximate surface area is 196 Å². The smallest absolute Gasteiger partial charge is 0.287 e. The van der Waals surface area contributed by atoms with E-state index in [9.17, 15) is 9.59 Å². The van der Waals surface area contributed by atoms with Gasteiger partial charge in [0.15, 0.2) is 5.76 Å². The topological polar surface area (TPSA) is 116 Å². The van der Waals surface area contributed by atoms with E-state index in [-0.39, 0.29) is 29.2 Å². The highest BCUT2D eigenvalue weighted by atomic mass is 16.5. The van der Waals surface area contributed by atoms with Gasteiger partial charge in [-0.3, -0.25) is 9.59 Å². The molecule has 9 heteroatoms. The predicted octanol–water partition coefficient (Wildman–Crippen LogP) is 4.59. The van der Waals surface area contributed by atoms with Crippen LogP contribution in [0.3, 0.4) is 0 Å². The van der Waals surface area contributed by atoms with Gasteiger partial charge in [0.05, 0.1) is 17.3 Å². The molecule has 1 atom stereocenters. The Morgan fingerprint density at radius 1 is 1.18 bits per heavy atom. The Kier molecular flexibility index (Phi) is 5.77. The molecule has 1 aliphatic carbocycles. The molecule has 1 aromatic carbocycles. The van der Waals surface area contributed by atoms with Crippen LogP contribution < -0.4 is 10.9 Å². The van der Waals surface area contributed by atoms with Crippen LogP contribution in [0.4, 0.5) is 0 Å². The number of rotatable bonds is 6. The molecule has 0 bridgehead atoms. The second kappa shape index (κ2) is 8.89. The van der Waals surface area contributed by atoms with Crippen LogP contribution in [0.1, 0.15) is 73.8 Å². The monoisotopic (exact) mass is 461 g/mol. The summed E-state index contributed by atoms with van der Waals surface area (Å²) in [6.45, 7) is 5.67. The molecule has 0 spiro atoms. The largest absolute Gasteiger partial charge is 0.459 e. The maximum absolute atomic E-state index is 12.9. The van der Waals surface area contributed by atoms with Crippen molar-refractivity contribution in [2.24, 2.45) is 5.92 Å². The maximum Gasteiger partial charge on any atom is 0.287 e. The van der Waals surface area contributed by atoms with Crippen molar-refractivity contribution < 1.29 is 13.7 Å². The summed E-state index contributed by atoms with van der Waals surface area (Å²) >= 11 is 0. The molecule has 1 amide bonds. The van der Waals surface area contributed by atoms with E-state index >= 15 is 0 Å². The lowest BCUT2D eigenvalue weighted by atomic mass is 10.0. The van der Waals surface area contributed by atoms with Crippen LogP contribution >= 0.6 is 0 Å². The van der Waals surface area contributed by atoms with Gasteiger partial charge in [-0.2, -0.15) is 4.98 Å². The number of aromatic nitrogens is 4. The molecule has 176 valence electrons. The van der Waals surface area contributed by atoms with Crippen molar-refractivity contribution in [1.29, 1.82) is 0 Å². The van der Waals surface area contributed by atoms with E-state index in [0.717, 1.165) is 42.3 Å². The van der Waals surface area contributed by atoms with E-state index in [4.69, 9.17) is 8.94 Å². The minimum absolute atomic E-state index is 0.00831. The summed E-state index contributed by atoms with van der Waals surface area (Å²) in [5.74, 6) is 0.584. The highest BCUT2D eigenvalue weighted by Crippen LogP contribution is 2.32. The van der Waals surface area contributed by atoms with E-state index in [1.807, 2.05) is 36.6 Å². The molecule has 3 heterocycles. The Bertz CT molecular complexity index is 1380. The van der Waals surface area contributed by atoms with Crippen LogP contribution in [-0.4, -0.2) is 25.6 Å². The molecule has 1 unspecified atom stereocenters. The summed E-state index contributed by atoms with van der Waals surface area (Å²) in [5.41, 5.74) is 2.72. The highest BCUT2D eigenvalue weighted by molar-refractivity contribution is 5.91.